The van der Waals surface area contributed by atoms with Crippen LogP contribution in [0.25, 0.3) is 22.5 Å². The van der Waals surface area contributed by atoms with Crippen LogP contribution < -0.4 is 0 Å². The van der Waals surface area contributed by atoms with Gasteiger partial charge in [-0.15, -0.1) is 0 Å². The van der Waals surface area contributed by atoms with Crippen molar-refractivity contribution in [1.82, 2.24) is 30.0 Å². The van der Waals surface area contributed by atoms with E-state index in [1.807, 2.05) is 35.4 Å². The van der Waals surface area contributed by atoms with Crippen LogP contribution in [-0.2, 0) is 6.42 Å². The summed E-state index contributed by atoms with van der Waals surface area (Å²) in [5.74, 6) is 1.38. The first kappa shape index (κ1) is 17.5. The Kier molecular flexibility index (Phi) is 4.51. The highest BCUT2D eigenvalue weighted by Crippen LogP contribution is 2.23. The van der Waals surface area contributed by atoms with E-state index in [9.17, 15) is 4.79 Å². The highest BCUT2D eigenvalue weighted by atomic mass is 16.5. The molecule has 0 aliphatic carbocycles. The number of H-pyrrole nitrogens is 1. The minimum Gasteiger partial charge on any atom is -0.361 e. The molecule has 0 bridgehead atoms. The van der Waals surface area contributed by atoms with Crippen molar-refractivity contribution in [3.05, 3.63) is 60.4 Å². The number of aromatic amines is 1. The van der Waals surface area contributed by atoms with E-state index in [0.717, 1.165) is 30.3 Å². The second kappa shape index (κ2) is 7.46. The molecule has 1 fully saturated rings. The summed E-state index contributed by atoms with van der Waals surface area (Å²) in [4.78, 5) is 30.7. The van der Waals surface area contributed by atoms with Crippen LogP contribution in [0.5, 0.6) is 0 Å². The Balaban J connectivity index is 1.27. The molecule has 146 valence electrons. The number of fused-ring (bicyclic) bond motifs is 1. The molecule has 1 aliphatic heterocycles. The topological polar surface area (TPSA) is 101 Å². The molecule has 29 heavy (non-hydrogen) atoms. The fraction of sp³-hybridized carbons (Fsp3) is 0.286. The second-order valence-corrected chi connectivity index (χ2v) is 7.35. The Hall–Kier alpha value is -3.55. The molecule has 1 aliphatic rings. The summed E-state index contributed by atoms with van der Waals surface area (Å²) in [7, 11) is 0. The minimum atomic E-state index is 0.0690. The summed E-state index contributed by atoms with van der Waals surface area (Å²) in [6.45, 7) is 1.46. The maximum absolute atomic E-state index is 13.0. The predicted molar refractivity (Wildman–Crippen MR) is 106 cm³/mol. The van der Waals surface area contributed by atoms with Gasteiger partial charge in [0.15, 0.2) is 5.82 Å². The first-order valence-corrected chi connectivity index (χ1v) is 9.71. The lowest BCUT2D eigenvalue weighted by Gasteiger charge is -2.32. The standard InChI is InChI=1S/C21H20N6O2/c28-21(16-4-3-15-5-6-23-17(15)11-16)27-9-1-2-14(13-27)10-19-25-20(29-26-19)18-12-22-7-8-24-18/h3-8,11-12,14,23H,1-2,9-10,13H2. The number of amides is 1. The first-order chi connectivity index (χ1) is 14.3. The molecule has 3 aromatic heterocycles. The highest BCUT2D eigenvalue weighted by Gasteiger charge is 2.26. The Morgan fingerprint density at radius 2 is 2.24 bits per heavy atom. The van der Waals surface area contributed by atoms with E-state index in [0.29, 0.717) is 41.9 Å². The van der Waals surface area contributed by atoms with Crippen molar-refractivity contribution in [3.8, 4) is 11.6 Å². The molecule has 0 radical (unpaired) electrons. The molecule has 0 saturated carbocycles. The van der Waals surface area contributed by atoms with Gasteiger partial charge < -0.3 is 14.4 Å². The monoisotopic (exact) mass is 388 g/mol. The quantitative estimate of drug-likeness (QED) is 0.576. The van der Waals surface area contributed by atoms with E-state index >= 15 is 0 Å². The molecular formula is C21H20N6O2. The molecule has 1 atom stereocenters. The number of aromatic nitrogens is 5. The van der Waals surface area contributed by atoms with Crippen LogP contribution >= 0.6 is 0 Å². The van der Waals surface area contributed by atoms with Crippen LogP contribution in [0.4, 0.5) is 0 Å². The van der Waals surface area contributed by atoms with E-state index < -0.39 is 0 Å². The predicted octanol–water partition coefficient (Wildman–Crippen LogP) is 3.10. The molecule has 1 aromatic carbocycles. The third kappa shape index (κ3) is 3.61. The number of hydrogen-bond donors (Lipinski definition) is 1. The molecule has 0 spiro atoms. The molecule has 1 unspecified atom stereocenters. The zero-order valence-electron chi connectivity index (χ0n) is 15.8. The molecule has 1 saturated heterocycles. The Bertz CT molecular complexity index is 1140. The van der Waals surface area contributed by atoms with Gasteiger partial charge in [-0.05, 0) is 42.3 Å². The lowest BCUT2D eigenvalue weighted by Crippen LogP contribution is -2.40. The third-order valence-corrected chi connectivity index (χ3v) is 5.33. The number of carbonyl (C=O) groups is 1. The zero-order valence-corrected chi connectivity index (χ0v) is 15.8. The van der Waals surface area contributed by atoms with Gasteiger partial charge in [0.05, 0.1) is 6.20 Å². The number of benzene rings is 1. The summed E-state index contributed by atoms with van der Waals surface area (Å²) >= 11 is 0. The average Bonchev–Trinajstić information content (AvgIpc) is 3.43. The Labute approximate surface area is 167 Å². The minimum absolute atomic E-state index is 0.0690. The largest absolute Gasteiger partial charge is 0.361 e. The van der Waals surface area contributed by atoms with Crippen molar-refractivity contribution in [2.45, 2.75) is 19.3 Å². The summed E-state index contributed by atoms with van der Waals surface area (Å²) in [5, 5.41) is 5.19. The van der Waals surface area contributed by atoms with E-state index in [2.05, 4.69) is 25.1 Å². The fourth-order valence-electron chi connectivity index (χ4n) is 3.89. The van der Waals surface area contributed by atoms with E-state index in [4.69, 9.17) is 4.52 Å². The van der Waals surface area contributed by atoms with Gasteiger partial charge >= 0.3 is 0 Å². The SMILES string of the molecule is O=C(c1ccc2cc[nH]c2c1)N1CCCC(Cc2noc(-c3cnccn3)n2)C1. The number of likely N-dealkylation sites (tertiary alicyclic amines) is 1. The van der Waals surface area contributed by atoms with Crippen LogP contribution in [0.2, 0.25) is 0 Å². The summed E-state index contributed by atoms with van der Waals surface area (Å²) in [6, 6.07) is 7.80. The molecule has 1 N–H and O–H groups in total. The van der Waals surface area contributed by atoms with Crippen molar-refractivity contribution in [2.75, 3.05) is 13.1 Å². The van der Waals surface area contributed by atoms with Crippen molar-refractivity contribution < 1.29 is 9.32 Å². The third-order valence-electron chi connectivity index (χ3n) is 5.33. The molecular weight excluding hydrogens is 368 g/mol. The molecule has 4 aromatic rings. The number of hydrogen-bond acceptors (Lipinski definition) is 6. The van der Waals surface area contributed by atoms with Gasteiger partial charge in [-0.1, -0.05) is 11.2 Å². The van der Waals surface area contributed by atoms with E-state index in [1.165, 1.54) is 0 Å². The molecule has 8 heteroatoms. The average molecular weight is 388 g/mol. The molecule has 4 heterocycles. The number of rotatable bonds is 4. The second-order valence-electron chi connectivity index (χ2n) is 7.35. The van der Waals surface area contributed by atoms with Gasteiger partial charge in [-0.2, -0.15) is 4.98 Å². The van der Waals surface area contributed by atoms with E-state index in [1.54, 1.807) is 18.6 Å². The summed E-state index contributed by atoms with van der Waals surface area (Å²) < 4.78 is 5.32. The maximum Gasteiger partial charge on any atom is 0.278 e. The first-order valence-electron chi connectivity index (χ1n) is 9.71. The van der Waals surface area contributed by atoms with Gasteiger partial charge in [0.2, 0.25) is 0 Å². The lowest BCUT2D eigenvalue weighted by atomic mass is 9.94. The van der Waals surface area contributed by atoms with Crippen molar-refractivity contribution in [1.29, 1.82) is 0 Å². The number of nitrogens with zero attached hydrogens (tertiary/aromatic N) is 5. The van der Waals surface area contributed by atoms with Gasteiger partial charge in [0.25, 0.3) is 11.8 Å². The molecule has 8 nitrogen and oxygen atoms in total. The van der Waals surface area contributed by atoms with Gasteiger partial charge in [0.1, 0.15) is 5.69 Å². The molecule has 5 rings (SSSR count). The number of piperidine rings is 1. The van der Waals surface area contributed by atoms with Crippen LogP contribution in [0, 0.1) is 5.92 Å². The van der Waals surface area contributed by atoms with Gasteiger partial charge in [-0.25, -0.2) is 4.98 Å². The molecule has 1 amide bonds. The van der Waals surface area contributed by atoms with Gasteiger partial charge in [0, 0.05) is 49.2 Å². The van der Waals surface area contributed by atoms with Crippen LogP contribution in [0.3, 0.4) is 0 Å². The number of nitrogens with one attached hydrogen (secondary N) is 1. The van der Waals surface area contributed by atoms with Crippen molar-refractivity contribution in [3.63, 3.8) is 0 Å². The van der Waals surface area contributed by atoms with E-state index in [-0.39, 0.29) is 5.91 Å². The Morgan fingerprint density at radius 1 is 1.28 bits per heavy atom. The van der Waals surface area contributed by atoms with Crippen LogP contribution in [0.15, 0.2) is 53.6 Å². The smallest absolute Gasteiger partial charge is 0.278 e. The summed E-state index contributed by atoms with van der Waals surface area (Å²) in [6.07, 6.45) is 9.35. The van der Waals surface area contributed by atoms with Gasteiger partial charge in [-0.3, -0.25) is 9.78 Å². The normalized spacial score (nSPS) is 17.0. The number of carbonyl (C=O) groups excluding carboxylic acids is 1. The van der Waals surface area contributed by atoms with Crippen molar-refractivity contribution >= 4 is 16.8 Å². The fourth-order valence-corrected chi connectivity index (χ4v) is 3.89. The van der Waals surface area contributed by atoms with Crippen LogP contribution in [-0.4, -0.2) is 49.0 Å². The Morgan fingerprint density at radius 3 is 3.14 bits per heavy atom. The van der Waals surface area contributed by atoms with Crippen LogP contribution in [0.1, 0.15) is 29.0 Å². The maximum atomic E-state index is 13.0. The zero-order chi connectivity index (χ0) is 19.6. The lowest BCUT2D eigenvalue weighted by molar-refractivity contribution is 0.0672. The summed E-state index contributed by atoms with van der Waals surface area (Å²) in [5.41, 5.74) is 2.25. The van der Waals surface area contributed by atoms with Crippen molar-refractivity contribution in [2.24, 2.45) is 5.92 Å². The highest BCUT2D eigenvalue weighted by molar-refractivity contribution is 5.98.